The zero-order valence-electron chi connectivity index (χ0n) is 12.2. The summed E-state index contributed by atoms with van der Waals surface area (Å²) >= 11 is 0. The van der Waals surface area contributed by atoms with Gasteiger partial charge in [-0.1, -0.05) is 43.2 Å². The van der Waals surface area contributed by atoms with Gasteiger partial charge in [-0.2, -0.15) is 0 Å². The molecule has 2 rings (SSSR count). The molecule has 0 spiro atoms. The predicted octanol–water partition coefficient (Wildman–Crippen LogP) is 3.25. The Hall–Kier alpha value is -1.63. The maximum atomic E-state index is 12.2. The van der Waals surface area contributed by atoms with Crippen LogP contribution in [0.25, 0.3) is 0 Å². The molecule has 0 radical (unpaired) electrons. The van der Waals surface area contributed by atoms with Crippen LogP contribution in [-0.4, -0.2) is 17.7 Å². The SMILES string of the molecule is CCCC#CC(=O)[C@@H]1OC(C)(C)O[C@H]1c1ccccc1. The number of ketones is 1. The molecule has 0 aromatic heterocycles. The zero-order chi connectivity index (χ0) is 14.6. The molecule has 3 nitrogen and oxygen atoms in total. The first-order chi connectivity index (χ1) is 9.53. The van der Waals surface area contributed by atoms with Crippen molar-refractivity contribution in [1.82, 2.24) is 0 Å². The number of Topliss-reactive ketones (excluding diaryl/α,β-unsaturated/α-hetero) is 1. The van der Waals surface area contributed by atoms with Crippen molar-refractivity contribution in [3.63, 3.8) is 0 Å². The molecule has 0 aliphatic carbocycles. The van der Waals surface area contributed by atoms with Crippen molar-refractivity contribution in [2.75, 3.05) is 0 Å². The van der Waals surface area contributed by atoms with Gasteiger partial charge in [0, 0.05) is 6.42 Å². The highest BCUT2D eigenvalue weighted by molar-refractivity contribution is 5.99. The minimum Gasteiger partial charge on any atom is -0.339 e. The van der Waals surface area contributed by atoms with Gasteiger partial charge in [-0.05, 0) is 31.8 Å². The Kier molecular flexibility index (Phi) is 4.59. The first kappa shape index (κ1) is 14.8. The van der Waals surface area contributed by atoms with E-state index in [1.54, 1.807) is 0 Å². The number of carbonyl (C=O) groups excluding carboxylic acids is 1. The molecule has 1 aliphatic heterocycles. The van der Waals surface area contributed by atoms with Gasteiger partial charge in [0.1, 0.15) is 6.10 Å². The molecular formula is C17H20O3. The van der Waals surface area contributed by atoms with E-state index >= 15 is 0 Å². The van der Waals surface area contributed by atoms with Crippen LogP contribution in [-0.2, 0) is 14.3 Å². The normalized spacial score (nSPS) is 23.9. The second-order valence-electron chi connectivity index (χ2n) is 5.30. The van der Waals surface area contributed by atoms with E-state index in [0.717, 1.165) is 18.4 Å². The van der Waals surface area contributed by atoms with Crippen LogP contribution in [0.15, 0.2) is 30.3 Å². The van der Waals surface area contributed by atoms with Crippen molar-refractivity contribution < 1.29 is 14.3 Å². The Morgan fingerprint density at radius 1 is 1.25 bits per heavy atom. The molecule has 20 heavy (non-hydrogen) atoms. The van der Waals surface area contributed by atoms with Gasteiger partial charge in [0.05, 0.1) is 0 Å². The maximum Gasteiger partial charge on any atom is 0.237 e. The van der Waals surface area contributed by atoms with Gasteiger partial charge < -0.3 is 9.47 Å². The molecule has 1 saturated heterocycles. The summed E-state index contributed by atoms with van der Waals surface area (Å²) < 4.78 is 11.6. The molecule has 0 amide bonds. The summed E-state index contributed by atoms with van der Waals surface area (Å²) in [5, 5.41) is 0. The summed E-state index contributed by atoms with van der Waals surface area (Å²) in [6.45, 7) is 5.66. The standard InChI is InChI=1S/C17H20O3/c1-4-5-7-12-14(18)16-15(19-17(2,3)20-16)13-10-8-6-9-11-13/h6,8-11,15-16H,4-5H2,1-3H3/t15-,16-/m0/s1. The number of ether oxygens (including phenoxy) is 2. The van der Waals surface area contributed by atoms with E-state index in [1.807, 2.05) is 51.1 Å². The van der Waals surface area contributed by atoms with Crippen molar-refractivity contribution in [1.29, 1.82) is 0 Å². The molecule has 0 N–H and O–H groups in total. The molecule has 2 atom stereocenters. The minimum atomic E-state index is -0.771. The quantitative estimate of drug-likeness (QED) is 0.626. The number of hydrogen-bond acceptors (Lipinski definition) is 3. The smallest absolute Gasteiger partial charge is 0.237 e. The number of carbonyl (C=O) groups is 1. The highest BCUT2D eigenvalue weighted by Crippen LogP contribution is 2.38. The lowest BCUT2D eigenvalue weighted by Gasteiger charge is -2.16. The average molecular weight is 272 g/mol. The number of unbranched alkanes of at least 4 members (excludes halogenated alkanes) is 1. The van der Waals surface area contributed by atoms with Gasteiger partial charge in [-0.15, -0.1) is 0 Å². The van der Waals surface area contributed by atoms with E-state index in [1.165, 1.54) is 0 Å². The Balaban J connectivity index is 2.21. The Morgan fingerprint density at radius 2 is 1.95 bits per heavy atom. The summed E-state index contributed by atoms with van der Waals surface area (Å²) in [4.78, 5) is 12.2. The van der Waals surface area contributed by atoms with Crippen molar-refractivity contribution in [3.8, 4) is 11.8 Å². The largest absolute Gasteiger partial charge is 0.339 e. The van der Waals surface area contributed by atoms with Crippen LogP contribution in [0.2, 0.25) is 0 Å². The van der Waals surface area contributed by atoms with Crippen LogP contribution >= 0.6 is 0 Å². The lowest BCUT2D eigenvalue weighted by molar-refractivity contribution is -0.152. The molecule has 0 saturated carbocycles. The van der Waals surface area contributed by atoms with E-state index in [2.05, 4.69) is 11.8 Å². The fourth-order valence-electron chi connectivity index (χ4n) is 2.19. The molecule has 106 valence electrons. The predicted molar refractivity (Wildman–Crippen MR) is 76.9 cm³/mol. The number of hydrogen-bond donors (Lipinski definition) is 0. The molecule has 3 heteroatoms. The highest BCUT2D eigenvalue weighted by atomic mass is 16.8. The minimum absolute atomic E-state index is 0.210. The van der Waals surface area contributed by atoms with Crippen LogP contribution < -0.4 is 0 Å². The third-order valence-corrected chi connectivity index (χ3v) is 3.07. The summed E-state index contributed by atoms with van der Waals surface area (Å²) in [6, 6.07) is 9.66. The second kappa shape index (κ2) is 6.21. The van der Waals surface area contributed by atoms with Gasteiger partial charge in [-0.3, -0.25) is 4.79 Å². The van der Waals surface area contributed by atoms with Gasteiger partial charge in [-0.25, -0.2) is 0 Å². The molecule has 1 aromatic rings. The fraction of sp³-hybridized carbons (Fsp3) is 0.471. The highest BCUT2D eigenvalue weighted by Gasteiger charge is 2.45. The van der Waals surface area contributed by atoms with Gasteiger partial charge in [0.15, 0.2) is 11.9 Å². The van der Waals surface area contributed by atoms with Gasteiger partial charge in [0.2, 0.25) is 5.78 Å². The van der Waals surface area contributed by atoms with Gasteiger partial charge >= 0.3 is 0 Å². The topological polar surface area (TPSA) is 35.5 Å². The van der Waals surface area contributed by atoms with Crippen LogP contribution in [0.3, 0.4) is 0 Å². The fourth-order valence-corrected chi connectivity index (χ4v) is 2.19. The third-order valence-electron chi connectivity index (χ3n) is 3.07. The maximum absolute atomic E-state index is 12.2. The molecule has 1 aliphatic rings. The zero-order valence-corrected chi connectivity index (χ0v) is 12.2. The summed E-state index contributed by atoms with van der Waals surface area (Å²) in [7, 11) is 0. The summed E-state index contributed by atoms with van der Waals surface area (Å²) in [5.74, 6) is 4.56. The number of rotatable bonds is 3. The number of benzene rings is 1. The third kappa shape index (κ3) is 3.47. The van der Waals surface area contributed by atoms with Crippen molar-refractivity contribution >= 4 is 5.78 Å². The first-order valence-electron chi connectivity index (χ1n) is 6.97. The van der Waals surface area contributed by atoms with Crippen molar-refractivity contribution in [2.45, 2.75) is 51.6 Å². The molecule has 0 unspecified atom stereocenters. The van der Waals surface area contributed by atoms with E-state index in [9.17, 15) is 4.79 Å². The monoisotopic (exact) mass is 272 g/mol. The summed E-state index contributed by atoms with van der Waals surface area (Å²) in [6.07, 6.45) is 0.612. The lowest BCUT2D eigenvalue weighted by Crippen LogP contribution is -2.27. The van der Waals surface area contributed by atoms with E-state index in [-0.39, 0.29) is 5.78 Å². The molecular weight excluding hydrogens is 252 g/mol. The van der Waals surface area contributed by atoms with Crippen molar-refractivity contribution in [2.24, 2.45) is 0 Å². The first-order valence-corrected chi connectivity index (χ1v) is 6.97. The van der Waals surface area contributed by atoms with Crippen LogP contribution in [0, 0.1) is 11.8 Å². The van der Waals surface area contributed by atoms with Crippen LogP contribution in [0.4, 0.5) is 0 Å². The van der Waals surface area contributed by atoms with Gasteiger partial charge in [0.25, 0.3) is 0 Å². The van der Waals surface area contributed by atoms with Crippen LogP contribution in [0.1, 0.15) is 45.3 Å². The summed E-state index contributed by atoms with van der Waals surface area (Å²) in [5.41, 5.74) is 0.939. The van der Waals surface area contributed by atoms with Crippen molar-refractivity contribution in [3.05, 3.63) is 35.9 Å². The molecule has 1 aromatic carbocycles. The Labute approximate surface area is 120 Å². The van der Waals surface area contributed by atoms with E-state index in [4.69, 9.17) is 9.47 Å². The van der Waals surface area contributed by atoms with Crippen LogP contribution in [0.5, 0.6) is 0 Å². The van der Waals surface area contributed by atoms with E-state index in [0.29, 0.717) is 0 Å². The second-order valence-corrected chi connectivity index (χ2v) is 5.30. The molecule has 1 fully saturated rings. The Bertz CT molecular complexity index is 522. The lowest BCUT2D eigenvalue weighted by atomic mass is 10.0. The average Bonchev–Trinajstić information content (AvgIpc) is 2.76. The Morgan fingerprint density at radius 3 is 2.60 bits per heavy atom. The van der Waals surface area contributed by atoms with E-state index < -0.39 is 18.0 Å². The molecule has 0 bridgehead atoms. The molecule has 1 heterocycles.